The van der Waals surface area contributed by atoms with Crippen molar-refractivity contribution in [2.24, 2.45) is 0 Å². The first-order valence-corrected chi connectivity index (χ1v) is 6.53. The van der Waals surface area contributed by atoms with E-state index < -0.39 is 19.6 Å². The van der Waals surface area contributed by atoms with Gasteiger partial charge in [0.15, 0.2) is 0 Å². The minimum absolute atomic E-state index is 0.322. The highest BCUT2D eigenvalue weighted by Gasteiger charge is 2.05. The van der Waals surface area contributed by atoms with Gasteiger partial charge in [0.05, 0.1) is 11.4 Å². The number of hydrogen-bond acceptors (Lipinski definition) is 2. The molecule has 21 heavy (non-hydrogen) atoms. The molecule has 0 unspecified atom stereocenters. The molecule has 0 aliphatic carbocycles. The predicted octanol–water partition coefficient (Wildman–Crippen LogP) is 4.93. The van der Waals surface area contributed by atoms with E-state index in [1.54, 1.807) is 24.4 Å². The first-order chi connectivity index (χ1) is 13.0. The smallest absolute Gasteiger partial charge is 0.0720 e. The van der Waals surface area contributed by atoms with Crippen molar-refractivity contribution < 1.29 is 9.60 Å². The Labute approximate surface area is 135 Å². The van der Waals surface area contributed by atoms with E-state index in [2.05, 4.69) is 9.97 Å². The lowest BCUT2D eigenvalue weighted by atomic mass is 10.1. The van der Waals surface area contributed by atoms with Crippen molar-refractivity contribution >= 4 is 0 Å². The summed E-state index contributed by atoms with van der Waals surface area (Å²) in [7, 11) is 0. The molecule has 0 bridgehead atoms. The van der Waals surface area contributed by atoms with Gasteiger partial charge < -0.3 is 0 Å². The molecular formula is C19H18N2. The maximum Gasteiger partial charge on any atom is 0.0720 e. The van der Waals surface area contributed by atoms with E-state index in [9.17, 15) is 0 Å². The summed E-state index contributed by atoms with van der Waals surface area (Å²) in [5.41, 5.74) is 2.35. The summed E-state index contributed by atoms with van der Waals surface area (Å²) in [6.07, 6.45) is 1.59. The number of benzene rings is 1. The lowest BCUT2D eigenvalue weighted by Crippen LogP contribution is -1.94. The van der Waals surface area contributed by atoms with Crippen molar-refractivity contribution in [3.63, 3.8) is 0 Å². The molecule has 0 N–H and O–H groups in total. The Morgan fingerprint density at radius 2 is 1.71 bits per heavy atom. The zero-order valence-electron chi connectivity index (χ0n) is 18.2. The largest absolute Gasteiger partial charge is 0.256 e. The molecule has 0 amide bonds. The van der Waals surface area contributed by atoms with Crippen molar-refractivity contribution in [3.05, 3.63) is 72.6 Å². The number of nitrogens with zero attached hydrogens (tertiary/aromatic N) is 2. The van der Waals surface area contributed by atoms with E-state index in [1.165, 1.54) is 12.1 Å². The lowest BCUT2D eigenvalue weighted by Gasteiger charge is -2.07. The molecule has 0 spiro atoms. The van der Waals surface area contributed by atoms with Gasteiger partial charge in [0, 0.05) is 32.6 Å². The topological polar surface area (TPSA) is 25.8 Å². The van der Waals surface area contributed by atoms with E-state index in [4.69, 9.17) is 9.60 Å². The molecule has 3 aromatic rings. The molecule has 2 nitrogen and oxygen atoms in total. The third kappa shape index (κ3) is 3.00. The van der Waals surface area contributed by atoms with Gasteiger partial charge in [-0.1, -0.05) is 50.1 Å². The van der Waals surface area contributed by atoms with Crippen molar-refractivity contribution in [1.82, 2.24) is 9.97 Å². The molecule has 0 saturated carbocycles. The maximum absolute atomic E-state index is 8.27. The summed E-state index contributed by atoms with van der Waals surface area (Å²) in [4.78, 5) is 8.61. The Bertz CT molecular complexity index is 935. The summed E-state index contributed by atoms with van der Waals surface area (Å²) in [5.74, 6) is -2.83. The second kappa shape index (κ2) is 5.88. The first kappa shape index (κ1) is 7.51. The third-order valence-electron chi connectivity index (χ3n) is 3.13. The van der Waals surface area contributed by atoms with Crippen LogP contribution in [0.1, 0.15) is 34.9 Å². The van der Waals surface area contributed by atoms with E-state index in [0.717, 1.165) is 11.3 Å². The molecule has 2 heteroatoms. The van der Waals surface area contributed by atoms with Crippen LogP contribution in [0.2, 0.25) is 0 Å². The van der Waals surface area contributed by atoms with Crippen LogP contribution in [0.3, 0.4) is 0 Å². The molecule has 3 rings (SSSR count). The average molecular weight is 281 g/mol. The van der Waals surface area contributed by atoms with Gasteiger partial charge in [-0.3, -0.25) is 9.97 Å². The Hall–Kier alpha value is -2.48. The second-order valence-electron chi connectivity index (χ2n) is 4.58. The van der Waals surface area contributed by atoms with Crippen LogP contribution in [0.5, 0.6) is 0 Å². The highest BCUT2D eigenvalue weighted by Crippen LogP contribution is 2.22. The number of hydrogen-bond donors (Lipinski definition) is 0. The van der Waals surface area contributed by atoms with Gasteiger partial charge in [-0.25, -0.2) is 0 Å². The molecule has 0 aliphatic heterocycles. The van der Waals surface area contributed by atoms with Gasteiger partial charge in [0.1, 0.15) is 0 Å². The fraction of sp³-hybridized carbons (Fsp3) is 0.158. The molecule has 1 aromatic carbocycles. The fourth-order valence-electron chi connectivity index (χ4n) is 2.06. The Morgan fingerprint density at radius 3 is 2.43 bits per heavy atom. The normalized spacial score (nSPS) is 17.4. The zero-order valence-corrected chi connectivity index (χ0v) is 11.2. The first-order valence-electron chi connectivity index (χ1n) is 10.0. The maximum atomic E-state index is 8.27. The van der Waals surface area contributed by atoms with Crippen LogP contribution in [0.4, 0.5) is 0 Å². The lowest BCUT2D eigenvalue weighted by molar-refractivity contribution is 0.824. The third-order valence-corrected chi connectivity index (χ3v) is 3.13. The van der Waals surface area contributed by atoms with Gasteiger partial charge in [0.25, 0.3) is 0 Å². The molecule has 0 atom stereocenters. The number of rotatable bonds is 3. The molecule has 0 aliphatic rings. The highest BCUT2D eigenvalue weighted by molar-refractivity contribution is 5.64. The quantitative estimate of drug-likeness (QED) is 0.680. The molecule has 0 fully saturated rings. The zero-order chi connectivity index (χ0) is 20.6. The summed E-state index contributed by atoms with van der Waals surface area (Å²) in [5, 5.41) is 0. The Kier molecular flexibility index (Phi) is 2.10. The van der Waals surface area contributed by atoms with Gasteiger partial charge in [-0.05, 0) is 30.2 Å². The highest BCUT2D eigenvalue weighted by atomic mass is 14.7. The van der Waals surface area contributed by atoms with Gasteiger partial charge in [-0.2, -0.15) is 0 Å². The summed E-state index contributed by atoms with van der Waals surface area (Å²) >= 11 is 0. The minimum Gasteiger partial charge on any atom is -0.256 e. The SMILES string of the molecule is [2H]C([2H])([2H])C([2H])(c1cccc(-c2ccc(-c3ccccc3)nc2)n1)C([2H])([2H])[2H]. The monoisotopic (exact) mass is 281 g/mol. The Balaban J connectivity index is 2.02. The average Bonchev–Trinajstić information content (AvgIpc) is 2.66. The molecule has 0 radical (unpaired) electrons. The molecule has 104 valence electrons. The predicted molar refractivity (Wildman–Crippen MR) is 87.0 cm³/mol. The molecule has 2 heterocycles. The van der Waals surface area contributed by atoms with Crippen molar-refractivity contribution in [3.8, 4) is 22.5 Å². The van der Waals surface area contributed by atoms with Crippen LogP contribution in [0.15, 0.2) is 66.9 Å². The van der Waals surface area contributed by atoms with Crippen molar-refractivity contribution in [2.45, 2.75) is 19.6 Å². The van der Waals surface area contributed by atoms with Gasteiger partial charge >= 0.3 is 0 Å². The van der Waals surface area contributed by atoms with E-state index in [-0.39, 0.29) is 5.69 Å². The van der Waals surface area contributed by atoms with Crippen LogP contribution in [0, 0.1) is 0 Å². The summed E-state index contributed by atoms with van der Waals surface area (Å²) in [6, 6.07) is 17.6. The van der Waals surface area contributed by atoms with Crippen LogP contribution in [0.25, 0.3) is 22.5 Å². The summed E-state index contributed by atoms with van der Waals surface area (Å²) < 4.78 is 53.9. The van der Waals surface area contributed by atoms with Crippen LogP contribution < -0.4 is 0 Å². The van der Waals surface area contributed by atoms with Crippen molar-refractivity contribution in [2.75, 3.05) is 0 Å². The molecule has 0 saturated heterocycles. The van der Waals surface area contributed by atoms with E-state index in [0.29, 0.717) is 11.3 Å². The minimum atomic E-state index is -3.07. The summed E-state index contributed by atoms with van der Waals surface area (Å²) in [6.45, 7) is -6.14. The second-order valence-corrected chi connectivity index (χ2v) is 4.58. The van der Waals surface area contributed by atoms with Gasteiger partial charge in [-0.15, -0.1) is 0 Å². The van der Waals surface area contributed by atoms with Crippen molar-refractivity contribution in [1.29, 1.82) is 0 Å². The standard InChI is InChI=1S/C19H18N2/c1-14(2)17-9-6-10-19(21-17)16-11-12-18(20-13-16)15-7-4-3-5-8-15/h3-14H,1-2H3/i1D3,2D3,14D. The van der Waals surface area contributed by atoms with Crippen LogP contribution in [-0.4, -0.2) is 9.97 Å². The van der Waals surface area contributed by atoms with Gasteiger partial charge in [0.2, 0.25) is 0 Å². The molecular weight excluding hydrogens is 256 g/mol. The van der Waals surface area contributed by atoms with E-state index in [1.807, 2.05) is 30.3 Å². The van der Waals surface area contributed by atoms with Crippen LogP contribution in [-0.2, 0) is 0 Å². The fourth-order valence-corrected chi connectivity index (χ4v) is 2.06. The number of aromatic nitrogens is 2. The Morgan fingerprint density at radius 1 is 0.857 bits per heavy atom. The number of pyridine rings is 2. The molecule has 2 aromatic heterocycles. The van der Waals surface area contributed by atoms with E-state index >= 15 is 0 Å². The van der Waals surface area contributed by atoms with Crippen LogP contribution >= 0.6 is 0 Å².